The molecule has 1 aliphatic rings. The second-order valence-electron chi connectivity index (χ2n) is 6.85. The number of Topliss-reactive ketones (excluding diaryl/α,β-unsaturated/α-hetero) is 1. The van der Waals surface area contributed by atoms with Gasteiger partial charge in [-0.1, -0.05) is 75.4 Å². The number of halogens is 2. The third kappa shape index (κ3) is 2.72. The van der Waals surface area contributed by atoms with E-state index < -0.39 is 11.7 Å². The summed E-state index contributed by atoms with van der Waals surface area (Å²) < 4.78 is 28.2. The van der Waals surface area contributed by atoms with E-state index in [2.05, 4.69) is 20.8 Å². The Morgan fingerprint density at radius 3 is 2.00 bits per heavy atom. The maximum absolute atomic E-state index is 14.1. The lowest BCUT2D eigenvalue weighted by Crippen LogP contribution is -2.10. The van der Waals surface area contributed by atoms with Crippen LogP contribution in [0.25, 0.3) is 5.57 Å². The molecule has 0 saturated carbocycles. The van der Waals surface area contributed by atoms with Crippen molar-refractivity contribution in [2.45, 2.75) is 32.1 Å². The first kappa shape index (κ1) is 15.6. The fourth-order valence-electron chi connectivity index (χ4n) is 2.69. The third-order valence-corrected chi connectivity index (χ3v) is 4.12. The van der Waals surface area contributed by atoms with E-state index in [0.29, 0.717) is 11.1 Å². The highest BCUT2D eigenvalue weighted by molar-refractivity contribution is 6.23. The van der Waals surface area contributed by atoms with Gasteiger partial charge in [0.25, 0.3) is 0 Å². The van der Waals surface area contributed by atoms with Crippen LogP contribution in [0.5, 0.6) is 0 Å². The summed E-state index contributed by atoms with van der Waals surface area (Å²) in [6, 6.07) is 15.3. The largest absolute Gasteiger partial charge is 0.303 e. The Hall–Kier alpha value is -2.29. The van der Waals surface area contributed by atoms with E-state index in [0.717, 1.165) is 5.56 Å². The molecule has 23 heavy (non-hydrogen) atoms. The minimum Gasteiger partial charge on any atom is -0.289 e. The molecule has 0 radical (unpaired) electrons. The van der Waals surface area contributed by atoms with Gasteiger partial charge < -0.3 is 0 Å². The van der Waals surface area contributed by atoms with Crippen LogP contribution in [0.1, 0.15) is 42.3 Å². The highest BCUT2D eigenvalue weighted by Crippen LogP contribution is 2.56. The highest BCUT2D eigenvalue weighted by atomic mass is 19.3. The highest BCUT2D eigenvalue weighted by Gasteiger charge is 2.59. The first-order chi connectivity index (χ1) is 10.7. The molecule has 0 saturated heterocycles. The molecule has 0 aromatic heterocycles. The lowest BCUT2D eigenvalue weighted by atomic mass is 9.86. The quantitative estimate of drug-likeness (QED) is 0.706. The van der Waals surface area contributed by atoms with Crippen molar-refractivity contribution in [3.05, 3.63) is 76.9 Å². The van der Waals surface area contributed by atoms with Gasteiger partial charge >= 0.3 is 5.92 Å². The Morgan fingerprint density at radius 1 is 0.913 bits per heavy atom. The molecule has 0 spiro atoms. The second kappa shape index (κ2) is 5.12. The molecule has 0 unspecified atom stereocenters. The van der Waals surface area contributed by atoms with Crippen molar-refractivity contribution < 1.29 is 13.6 Å². The van der Waals surface area contributed by atoms with Crippen LogP contribution in [0.3, 0.4) is 0 Å². The van der Waals surface area contributed by atoms with E-state index in [9.17, 15) is 13.6 Å². The Morgan fingerprint density at radius 2 is 1.48 bits per heavy atom. The SMILES string of the molecule is CC(C)(C)c1ccc(C2=C(C(=O)c3ccccc3)C2(F)F)cc1. The molecule has 0 N–H and O–H groups in total. The van der Waals surface area contributed by atoms with Gasteiger partial charge in [-0.15, -0.1) is 0 Å². The Balaban J connectivity index is 1.95. The van der Waals surface area contributed by atoms with Crippen LogP contribution < -0.4 is 0 Å². The predicted molar refractivity (Wildman–Crippen MR) is 87.8 cm³/mol. The van der Waals surface area contributed by atoms with Crippen LogP contribution in [-0.2, 0) is 5.41 Å². The molecule has 2 aromatic carbocycles. The number of alkyl halides is 2. The van der Waals surface area contributed by atoms with Gasteiger partial charge in [-0.25, -0.2) is 0 Å². The van der Waals surface area contributed by atoms with Crippen LogP contribution in [0.15, 0.2) is 60.2 Å². The minimum atomic E-state index is -3.13. The molecule has 0 atom stereocenters. The first-order valence-corrected chi connectivity index (χ1v) is 7.56. The maximum Gasteiger partial charge on any atom is 0.303 e. The molecule has 3 rings (SSSR count). The summed E-state index contributed by atoms with van der Waals surface area (Å²) >= 11 is 0. The molecule has 0 aliphatic heterocycles. The third-order valence-electron chi connectivity index (χ3n) is 4.12. The van der Waals surface area contributed by atoms with Crippen LogP contribution in [-0.4, -0.2) is 11.7 Å². The fraction of sp³-hybridized carbons (Fsp3) is 0.250. The molecular weight excluding hydrogens is 294 g/mol. The van der Waals surface area contributed by atoms with E-state index in [1.807, 2.05) is 12.1 Å². The van der Waals surface area contributed by atoms with Gasteiger partial charge in [0.1, 0.15) is 0 Å². The average molecular weight is 312 g/mol. The van der Waals surface area contributed by atoms with Crippen molar-refractivity contribution in [2.75, 3.05) is 0 Å². The number of hydrogen-bond donors (Lipinski definition) is 0. The lowest BCUT2D eigenvalue weighted by Gasteiger charge is -2.18. The smallest absolute Gasteiger partial charge is 0.289 e. The van der Waals surface area contributed by atoms with E-state index in [1.54, 1.807) is 42.5 Å². The Labute approximate surface area is 134 Å². The van der Waals surface area contributed by atoms with Crippen molar-refractivity contribution in [3.8, 4) is 0 Å². The van der Waals surface area contributed by atoms with Gasteiger partial charge in [-0.05, 0) is 16.5 Å². The van der Waals surface area contributed by atoms with Gasteiger partial charge in [-0.2, -0.15) is 8.78 Å². The second-order valence-corrected chi connectivity index (χ2v) is 6.85. The molecule has 3 heteroatoms. The number of ketones is 1. The average Bonchev–Trinajstić information content (AvgIpc) is 3.09. The number of allylic oxidation sites excluding steroid dienone is 2. The zero-order valence-corrected chi connectivity index (χ0v) is 13.4. The van der Waals surface area contributed by atoms with Gasteiger partial charge in [0, 0.05) is 11.1 Å². The Bertz CT molecular complexity index is 779. The van der Waals surface area contributed by atoms with Crippen molar-refractivity contribution in [2.24, 2.45) is 0 Å². The number of carbonyl (C=O) groups excluding carboxylic acids is 1. The molecular formula is C20H18F2O. The van der Waals surface area contributed by atoms with Crippen molar-refractivity contribution in [1.82, 2.24) is 0 Å². The van der Waals surface area contributed by atoms with Crippen LogP contribution in [0.4, 0.5) is 8.78 Å². The van der Waals surface area contributed by atoms with Crippen LogP contribution in [0.2, 0.25) is 0 Å². The summed E-state index contributed by atoms with van der Waals surface area (Å²) in [6.45, 7) is 6.20. The zero-order valence-electron chi connectivity index (χ0n) is 13.4. The van der Waals surface area contributed by atoms with E-state index in [-0.39, 0.29) is 16.6 Å². The Kier molecular flexibility index (Phi) is 3.47. The number of carbonyl (C=O) groups is 1. The topological polar surface area (TPSA) is 17.1 Å². The summed E-state index contributed by atoms with van der Waals surface area (Å²) in [6.07, 6.45) is 0. The van der Waals surface area contributed by atoms with Gasteiger partial charge in [0.2, 0.25) is 0 Å². The van der Waals surface area contributed by atoms with E-state index in [4.69, 9.17) is 0 Å². The van der Waals surface area contributed by atoms with Gasteiger partial charge in [0.05, 0.1) is 5.57 Å². The van der Waals surface area contributed by atoms with Gasteiger partial charge in [0.15, 0.2) is 5.78 Å². The molecule has 0 amide bonds. The molecule has 0 heterocycles. The molecule has 0 bridgehead atoms. The lowest BCUT2D eigenvalue weighted by molar-refractivity contribution is 0.0961. The summed E-state index contributed by atoms with van der Waals surface area (Å²) in [5, 5.41) is 0. The summed E-state index contributed by atoms with van der Waals surface area (Å²) in [5.41, 5.74) is 1.22. The predicted octanol–water partition coefficient (Wildman–Crippen LogP) is 5.27. The fourth-order valence-corrected chi connectivity index (χ4v) is 2.69. The number of rotatable bonds is 3. The van der Waals surface area contributed by atoms with E-state index in [1.165, 1.54) is 0 Å². The minimum absolute atomic E-state index is 0.0400. The molecule has 0 fully saturated rings. The summed E-state index contributed by atoms with van der Waals surface area (Å²) in [5.74, 6) is -3.72. The molecule has 1 nitrogen and oxygen atoms in total. The first-order valence-electron chi connectivity index (χ1n) is 7.56. The molecule has 1 aliphatic carbocycles. The van der Waals surface area contributed by atoms with Crippen molar-refractivity contribution >= 4 is 11.4 Å². The number of benzene rings is 2. The van der Waals surface area contributed by atoms with Crippen molar-refractivity contribution in [3.63, 3.8) is 0 Å². The van der Waals surface area contributed by atoms with Gasteiger partial charge in [-0.3, -0.25) is 4.79 Å². The summed E-state index contributed by atoms with van der Waals surface area (Å²) in [7, 11) is 0. The standard InChI is InChI=1S/C20H18F2O/c1-19(2,3)15-11-9-13(10-12-15)16-17(20(16,21)22)18(23)14-7-5-4-6-8-14/h4-12H,1-3H3. The van der Waals surface area contributed by atoms with Crippen LogP contribution in [0, 0.1) is 0 Å². The summed E-state index contributed by atoms with van der Waals surface area (Å²) in [4.78, 5) is 12.3. The monoisotopic (exact) mass is 312 g/mol. The van der Waals surface area contributed by atoms with Crippen LogP contribution >= 0.6 is 0 Å². The normalized spacial score (nSPS) is 16.4. The zero-order chi connectivity index (χ0) is 16.8. The maximum atomic E-state index is 14.1. The molecule has 2 aromatic rings. The molecule has 118 valence electrons. The number of hydrogen-bond acceptors (Lipinski definition) is 1. The van der Waals surface area contributed by atoms with Crippen molar-refractivity contribution in [1.29, 1.82) is 0 Å². The van der Waals surface area contributed by atoms with E-state index >= 15 is 0 Å².